The molecule has 1 aliphatic heterocycles. The highest BCUT2D eigenvalue weighted by Gasteiger charge is 2.28. The van der Waals surface area contributed by atoms with E-state index in [1.54, 1.807) is 29.9 Å². The quantitative estimate of drug-likeness (QED) is 0.794. The molecule has 7 heteroatoms. The monoisotopic (exact) mass is 339 g/mol. The second-order valence-electron chi connectivity index (χ2n) is 5.89. The van der Waals surface area contributed by atoms with Crippen molar-refractivity contribution in [2.45, 2.75) is 19.4 Å². The van der Waals surface area contributed by atoms with Gasteiger partial charge in [-0.05, 0) is 31.5 Å². The predicted molar refractivity (Wildman–Crippen MR) is 94.3 cm³/mol. The summed E-state index contributed by atoms with van der Waals surface area (Å²) in [6.07, 6.45) is 4.13. The van der Waals surface area contributed by atoms with Gasteiger partial charge in [0.2, 0.25) is 0 Å². The van der Waals surface area contributed by atoms with Crippen LogP contribution in [-0.4, -0.2) is 44.9 Å². The van der Waals surface area contributed by atoms with Crippen LogP contribution in [0.4, 0.5) is 5.82 Å². The van der Waals surface area contributed by atoms with Crippen LogP contribution < -0.4 is 5.32 Å². The van der Waals surface area contributed by atoms with Crippen molar-refractivity contribution >= 4 is 33.3 Å². The molecule has 0 aliphatic carbocycles. The normalized spacial score (nSPS) is 17.4. The van der Waals surface area contributed by atoms with Gasteiger partial charge in [-0.1, -0.05) is 6.07 Å². The van der Waals surface area contributed by atoms with Gasteiger partial charge in [-0.25, -0.2) is 9.97 Å². The Balaban J connectivity index is 1.48. The molecule has 122 valence electrons. The van der Waals surface area contributed by atoms with Crippen molar-refractivity contribution in [1.29, 1.82) is 0 Å². The molecule has 6 nitrogen and oxygen atoms in total. The van der Waals surface area contributed by atoms with Gasteiger partial charge in [0.05, 0.1) is 5.39 Å². The van der Waals surface area contributed by atoms with E-state index in [1.165, 1.54) is 4.88 Å². The zero-order chi connectivity index (χ0) is 16.5. The summed E-state index contributed by atoms with van der Waals surface area (Å²) in [6, 6.07) is 7.70. The fraction of sp³-hybridized carbons (Fsp3) is 0.294. The number of carbonyl (C=O) groups is 1. The number of nitrogens with zero attached hydrogens (tertiary/aromatic N) is 4. The maximum absolute atomic E-state index is 12.5. The van der Waals surface area contributed by atoms with E-state index in [0.29, 0.717) is 12.2 Å². The lowest BCUT2D eigenvalue weighted by Crippen LogP contribution is -2.32. The standard InChI is InChI=1S/C17H17N5OS/c1-11-8-13-15(19-10-20-16(13)24-11)21-12-5-7-22(9-12)17(23)14-4-2-3-6-18-14/h2-4,6,8,10,12H,5,7,9H2,1H3,(H,19,20,21). The van der Waals surface area contributed by atoms with Crippen LogP contribution in [-0.2, 0) is 0 Å². The van der Waals surface area contributed by atoms with E-state index in [0.717, 1.165) is 29.0 Å². The predicted octanol–water partition coefficient (Wildman–Crippen LogP) is 2.72. The number of aromatic nitrogens is 3. The third kappa shape index (κ3) is 2.82. The first-order valence-electron chi connectivity index (χ1n) is 7.89. The maximum Gasteiger partial charge on any atom is 0.272 e. The first kappa shape index (κ1) is 15.0. The van der Waals surface area contributed by atoms with E-state index in [4.69, 9.17) is 0 Å². The van der Waals surface area contributed by atoms with Gasteiger partial charge in [-0.3, -0.25) is 9.78 Å². The number of thiophene rings is 1. The van der Waals surface area contributed by atoms with Crippen LogP contribution in [0.5, 0.6) is 0 Å². The molecule has 1 N–H and O–H groups in total. The van der Waals surface area contributed by atoms with E-state index in [-0.39, 0.29) is 11.9 Å². The molecular formula is C17H17N5OS. The number of likely N-dealkylation sites (tertiary alicyclic amines) is 1. The van der Waals surface area contributed by atoms with E-state index >= 15 is 0 Å². The zero-order valence-corrected chi connectivity index (χ0v) is 14.1. The van der Waals surface area contributed by atoms with Crippen LogP contribution in [0.15, 0.2) is 36.8 Å². The molecule has 1 fully saturated rings. The fourth-order valence-electron chi connectivity index (χ4n) is 3.00. The molecule has 0 aromatic carbocycles. The van der Waals surface area contributed by atoms with Gasteiger partial charge in [-0.15, -0.1) is 11.3 Å². The van der Waals surface area contributed by atoms with Gasteiger partial charge in [0.1, 0.15) is 22.7 Å². The summed E-state index contributed by atoms with van der Waals surface area (Å²) in [7, 11) is 0. The van der Waals surface area contributed by atoms with Gasteiger partial charge >= 0.3 is 0 Å². The molecule has 4 rings (SSSR count). The summed E-state index contributed by atoms with van der Waals surface area (Å²) in [5.74, 6) is 0.834. The number of fused-ring (bicyclic) bond motifs is 1. The van der Waals surface area contributed by atoms with Crippen LogP contribution in [0, 0.1) is 6.92 Å². The van der Waals surface area contributed by atoms with Crippen LogP contribution in [0.2, 0.25) is 0 Å². The lowest BCUT2D eigenvalue weighted by molar-refractivity contribution is 0.0786. The average Bonchev–Trinajstić information content (AvgIpc) is 3.21. The highest BCUT2D eigenvalue weighted by Crippen LogP contribution is 2.28. The van der Waals surface area contributed by atoms with Crippen molar-refractivity contribution in [3.05, 3.63) is 47.4 Å². The number of aryl methyl sites for hydroxylation is 1. The Bertz CT molecular complexity index is 879. The lowest BCUT2D eigenvalue weighted by atomic mass is 10.2. The molecule has 0 bridgehead atoms. The SMILES string of the molecule is Cc1cc2c(NC3CCN(C(=O)c4ccccn4)C3)ncnc2s1. The maximum atomic E-state index is 12.5. The second kappa shape index (κ2) is 6.16. The Morgan fingerprint density at radius 2 is 2.25 bits per heavy atom. The van der Waals surface area contributed by atoms with Gasteiger partial charge in [0.15, 0.2) is 0 Å². The third-order valence-electron chi connectivity index (χ3n) is 4.15. The third-order valence-corrected chi connectivity index (χ3v) is 5.11. The number of amides is 1. The first-order chi connectivity index (χ1) is 11.7. The molecule has 0 saturated carbocycles. The number of nitrogens with one attached hydrogen (secondary N) is 1. The van der Waals surface area contributed by atoms with Crippen molar-refractivity contribution in [3.63, 3.8) is 0 Å². The molecular weight excluding hydrogens is 322 g/mol. The Labute approximate surface area is 143 Å². The number of anilines is 1. The number of hydrogen-bond donors (Lipinski definition) is 1. The number of carbonyl (C=O) groups excluding carboxylic acids is 1. The summed E-state index contributed by atoms with van der Waals surface area (Å²) >= 11 is 1.66. The summed E-state index contributed by atoms with van der Waals surface area (Å²) < 4.78 is 0. The summed E-state index contributed by atoms with van der Waals surface area (Å²) in [5, 5.41) is 4.53. The highest BCUT2D eigenvalue weighted by atomic mass is 32.1. The molecule has 0 radical (unpaired) electrons. The molecule has 1 aliphatic rings. The summed E-state index contributed by atoms with van der Waals surface area (Å²) in [6.45, 7) is 3.45. The van der Waals surface area contributed by atoms with E-state index in [9.17, 15) is 4.79 Å². The van der Waals surface area contributed by atoms with Crippen LogP contribution in [0.25, 0.3) is 10.2 Å². The molecule has 0 spiro atoms. The largest absolute Gasteiger partial charge is 0.365 e. The fourth-order valence-corrected chi connectivity index (χ4v) is 3.85. The number of hydrogen-bond acceptors (Lipinski definition) is 6. The van der Waals surface area contributed by atoms with Gasteiger partial charge < -0.3 is 10.2 Å². The smallest absolute Gasteiger partial charge is 0.272 e. The number of rotatable bonds is 3. The van der Waals surface area contributed by atoms with Crippen molar-refractivity contribution < 1.29 is 4.79 Å². The minimum absolute atomic E-state index is 0.0147. The topological polar surface area (TPSA) is 71.0 Å². The molecule has 3 aromatic rings. The molecule has 1 atom stereocenters. The molecule has 4 heterocycles. The van der Waals surface area contributed by atoms with E-state index in [2.05, 4.69) is 33.3 Å². The molecule has 1 unspecified atom stereocenters. The summed E-state index contributed by atoms with van der Waals surface area (Å²) in [5.41, 5.74) is 0.496. The van der Waals surface area contributed by atoms with Gasteiger partial charge in [-0.2, -0.15) is 0 Å². The molecule has 1 saturated heterocycles. The zero-order valence-electron chi connectivity index (χ0n) is 13.3. The Morgan fingerprint density at radius 1 is 1.33 bits per heavy atom. The average molecular weight is 339 g/mol. The van der Waals surface area contributed by atoms with E-state index in [1.807, 2.05) is 17.0 Å². The van der Waals surface area contributed by atoms with Crippen molar-refractivity contribution in [2.75, 3.05) is 18.4 Å². The molecule has 1 amide bonds. The Morgan fingerprint density at radius 3 is 3.08 bits per heavy atom. The van der Waals surface area contributed by atoms with Gasteiger partial charge in [0.25, 0.3) is 5.91 Å². The summed E-state index contributed by atoms with van der Waals surface area (Å²) in [4.78, 5) is 29.4. The minimum atomic E-state index is -0.0147. The minimum Gasteiger partial charge on any atom is -0.365 e. The Hall–Kier alpha value is -2.54. The van der Waals surface area contributed by atoms with Crippen molar-refractivity contribution in [1.82, 2.24) is 19.9 Å². The van der Waals surface area contributed by atoms with Crippen molar-refractivity contribution in [2.24, 2.45) is 0 Å². The van der Waals surface area contributed by atoms with Gasteiger partial charge in [0, 0.05) is 30.2 Å². The number of pyridine rings is 1. The Kier molecular flexibility index (Phi) is 3.86. The second-order valence-corrected chi connectivity index (χ2v) is 7.13. The highest BCUT2D eigenvalue weighted by molar-refractivity contribution is 7.18. The van der Waals surface area contributed by atoms with Crippen molar-refractivity contribution in [3.8, 4) is 0 Å². The van der Waals surface area contributed by atoms with Crippen LogP contribution in [0.1, 0.15) is 21.8 Å². The van der Waals surface area contributed by atoms with Crippen LogP contribution >= 0.6 is 11.3 Å². The molecule has 24 heavy (non-hydrogen) atoms. The van der Waals surface area contributed by atoms with Crippen LogP contribution in [0.3, 0.4) is 0 Å². The van der Waals surface area contributed by atoms with E-state index < -0.39 is 0 Å². The lowest BCUT2D eigenvalue weighted by Gasteiger charge is -2.17. The molecule has 3 aromatic heterocycles. The first-order valence-corrected chi connectivity index (χ1v) is 8.70.